The van der Waals surface area contributed by atoms with E-state index in [4.69, 9.17) is 9.47 Å². The summed E-state index contributed by atoms with van der Waals surface area (Å²) in [7, 11) is 1.63. The molecule has 0 N–H and O–H groups in total. The van der Waals surface area contributed by atoms with E-state index >= 15 is 0 Å². The summed E-state index contributed by atoms with van der Waals surface area (Å²) in [5.41, 5.74) is 1.37. The summed E-state index contributed by atoms with van der Waals surface area (Å²) in [6.45, 7) is 1.22. The van der Waals surface area contributed by atoms with Gasteiger partial charge in [0.2, 0.25) is 0 Å². The van der Waals surface area contributed by atoms with Crippen molar-refractivity contribution in [3.63, 3.8) is 0 Å². The lowest BCUT2D eigenvalue weighted by molar-refractivity contribution is 0.0595. The number of carbonyl (C=O) groups excluding carboxylic acids is 1. The van der Waals surface area contributed by atoms with Crippen LogP contribution in [0, 0.1) is 5.82 Å². The third-order valence-electron chi connectivity index (χ3n) is 4.66. The molecule has 7 heteroatoms. The first-order chi connectivity index (χ1) is 13.1. The van der Waals surface area contributed by atoms with Crippen molar-refractivity contribution in [3.05, 3.63) is 53.8 Å². The van der Waals surface area contributed by atoms with E-state index < -0.39 is 0 Å². The highest BCUT2D eigenvalue weighted by Crippen LogP contribution is 2.32. The van der Waals surface area contributed by atoms with Gasteiger partial charge in [0.25, 0.3) is 11.1 Å². The summed E-state index contributed by atoms with van der Waals surface area (Å²) in [6, 6.07) is 11.4. The van der Waals surface area contributed by atoms with Gasteiger partial charge in [-0.05, 0) is 36.4 Å². The number of hydrogen-bond donors (Lipinski definition) is 0. The van der Waals surface area contributed by atoms with Crippen LogP contribution in [0.2, 0.25) is 0 Å². The molecule has 0 radical (unpaired) electrons. The Kier molecular flexibility index (Phi) is 4.94. The molecule has 1 aliphatic heterocycles. The van der Waals surface area contributed by atoms with Crippen LogP contribution in [0.3, 0.4) is 0 Å². The summed E-state index contributed by atoms with van der Waals surface area (Å²) in [5, 5.41) is 0.640. The minimum Gasteiger partial charge on any atom is -0.497 e. The number of piperidine rings is 1. The van der Waals surface area contributed by atoms with Gasteiger partial charge in [0, 0.05) is 37.6 Å². The quantitative estimate of drug-likeness (QED) is 0.677. The van der Waals surface area contributed by atoms with Gasteiger partial charge in [0.05, 0.1) is 17.3 Å². The molecular weight excluding hydrogens is 367 g/mol. The first-order valence-corrected chi connectivity index (χ1v) is 9.60. The predicted molar refractivity (Wildman–Crippen MR) is 102 cm³/mol. The number of ether oxygens (including phenoxy) is 2. The highest BCUT2D eigenvalue weighted by molar-refractivity contribution is 7.20. The SMILES string of the molecule is COc1ccc2sc(OC3CCN(C(=O)c4ccc(F)cc4)CC3)nc2c1. The molecule has 5 nitrogen and oxygen atoms in total. The molecule has 1 fully saturated rings. The van der Waals surface area contributed by atoms with Gasteiger partial charge >= 0.3 is 0 Å². The summed E-state index contributed by atoms with van der Waals surface area (Å²) in [6.07, 6.45) is 1.52. The Balaban J connectivity index is 1.36. The molecule has 1 amide bonds. The van der Waals surface area contributed by atoms with Crippen molar-refractivity contribution >= 4 is 27.5 Å². The van der Waals surface area contributed by atoms with Crippen LogP contribution >= 0.6 is 11.3 Å². The highest BCUT2D eigenvalue weighted by Gasteiger charge is 2.25. The van der Waals surface area contributed by atoms with Crippen LogP contribution in [0.1, 0.15) is 23.2 Å². The number of benzene rings is 2. The van der Waals surface area contributed by atoms with Gasteiger partial charge in [-0.1, -0.05) is 11.3 Å². The third-order valence-corrected chi connectivity index (χ3v) is 5.59. The lowest BCUT2D eigenvalue weighted by Gasteiger charge is -2.31. The van der Waals surface area contributed by atoms with E-state index in [1.807, 2.05) is 18.2 Å². The Bertz CT molecular complexity index is 950. The van der Waals surface area contributed by atoms with Gasteiger partial charge in [-0.3, -0.25) is 4.79 Å². The standard InChI is InChI=1S/C20H19FN2O3S/c1-25-16-6-7-18-17(12-16)22-20(27-18)26-15-8-10-23(11-9-15)19(24)13-2-4-14(21)5-3-13/h2-7,12,15H,8-11H2,1H3. The molecule has 0 spiro atoms. The molecule has 3 aromatic rings. The van der Waals surface area contributed by atoms with Gasteiger partial charge in [0.15, 0.2) is 0 Å². The number of nitrogens with zero attached hydrogens (tertiary/aromatic N) is 2. The number of fused-ring (bicyclic) bond motifs is 1. The van der Waals surface area contributed by atoms with Crippen molar-refractivity contribution < 1.29 is 18.7 Å². The maximum atomic E-state index is 13.0. The number of hydrogen-bond acceptors (Lipinski definition) is 5. The van der Waals surface area contributed by atoms with Crippen LogP contribution in [-0.2, 0) is 0 Å². The van der Waals surface area contributed by atoms with E-state index in [1.165, 1.54) is 35.6 Å². The zero-order valence-electron chi connectivity index (χ0n) is 14.9. The fourth-order valence-electron chi connectivity index (χ4n) is 3.16. The first-order valence-electron chi connectivity index (χ1n) is 8.78. The average molecular weight is 386 g/mol. The maximum absolute atomic E-state index is 13.0. The van der Waals surface area contributed by atoms with Crippen molar-refractivity contribution in [1.82, 2.24) is 9.88 Å². The molecule has 0 bridgehead atoms. The van der Waals surface area contributed by atoms with Crippen molar-refractivity contribution in [2.75, 3.05) is 20.2 Å². The van der Waals surface area contributed by atoms with Gasteiger partial charge in [-0.25, -0.2) is 9.37 Å². The summed E-state index contributed by atoms with van der Waals surface area (Å²) in [5.74, 6) is 0.361. The fraction of sp³-hybridized carbons (Fsp3) is 0.300. The second-order valence-electron chi connectivity index (χ2n) is 6.43. The number of methoxy groups -OCH3 is 1. The molecule has 2 aromatic carbocycles. The molecular formula is C20H19FN2O3S. The molecule has 27 heavy (non-hydrogen) atoms. The zero-order chi connectivity index (χ0) is 18.8. The normalized spacial score (nSPS) is 15.1. The molecule has 0 atom stereocenters. The minimum absolute atomic E-state index is 0.0322. The largest absolute Gasteiger partial charge is 0.497 e. The van der Waals surface area contributed by atoms with Crippen LogP contribution in [0.15, 0.2) is 42.5 Å². The molecule has 0 unspecified atom stereocenters. The zero-order valence-corrected chi connectivity index (χ0v) is 15.7. The number of carbonyl (C=O) groups is 1. The Morgan fingerprint density at radius 3 is 2.63 bits per heavy atom. The number of aromatic nitrogens is 1. The maximum Gasteiger partial charge on any atom is 0.274 e. The molecule has 140 valence electrons. The summed E-state index contributed by atoms with van der Waals surface area (Å²) < 4.78 is 25.3. The van der Waals surface area contributed by atoms with Crippen molar-refractivity contribution in [1.29, 1.82) is 0 Å². The molecule has 1 aliphatic rings. The Morgan fingerprint density at radius 1 is 1.19 bits per heavy atom. The predicted octanol–water partition coefficient (Wildman–Crippen LogP) is 4.13. The van der Waals surface area contributed by atoms with Gasteiger partial charge in [-0.15, -0.1) is 0 Å². The summed E-state index contributed by atoms with van der Waals surface area (Å²) >= 11 is 1.51. The summed E-state index contributed by atoms with van der Waals surface area (Å²) in [4.78, 5) is 18.8. The second-order valence-corrected chi connectivity index (χ2v) is 7.42. The number of likely N-dealkylation sites (tertiary alicyclic amines) is 1. The molecule has 0 aliphatic carbocycles. The minimum atomic E-state index is -0.341. The molecule has 4 rings (SSSR count). The van der Waals surface area contributed by atoms with Crippen LogP contribution in [0.25, 0.3) is 10.2 Å². The van der Waals surface area contributed by atoms with Crippen LogP contribution in [-0.4, -0.2) is 42.1 Å². The van der Waals surface area contributed by atoms with Crippen molar-refractivity contribution in [3.8, 4) is 10.9 Å². The highest BCUT2D eigenvalue weighted by atomic mass is 32.1. The van der Waals surface area contributed by atoms with Crippen molar-refractivity contribution in [2.24, 2.45) is 0 Å². The van der Waals surface area contributed by atoms with Crippen LogP contribution in [0.4, 0.5) is 4.39 Å². The number of halogens is 1. The van der Waals surface area contributed by atoms with Crippen molar-refractivity contribution in [2.45, 2.75) is 18.9 Å². The van der Waals surface area contributed by atoms with E-state index in [1.54, 1.807) is 12.0 Å². The fourth-order valence-corrected chi connectivity index (χ4v) is 4.02. The van der Waals surface area contributed by atoms with Crippen LogP contribution in [0.5, 0.6) is 10.9 Å². The number of thiazole rings is 1. The topological polar surface area (TPSA) is 51.7 Å². The molecule has 0 saturated carbocycles. The smallest absolute Gasteiger partial charge is 0.274 e. The third kappa shape index (κ3) is 3.88. The Hall–Kier alpha value is -2.67. The van der Waals surface area contributed by atoms with Gasteiger partial charge < -0.3 is 14.4 Å². The molecule has 2 heterocycles. The first kappa shape index (κ1) is 17.7. The van der Waals surface area contributed by atoms with E-state index in [9.17, 15) is 9.18 Å². The van der Waals surface area contributed by atoms with E-state index in [-0.39, 0.29) is 17.8 Å². The van der Waals surface area contributed by atoms with Gasteiger partial charge in [-0.2, -0.15) is 0 Å². The lowest BCUT2D eigenvalue weighted by atomic mass is 10.1. The number of rotatable bonds is 4. The van der Waals surface area contributed by atoms with E-state index in [0.717, 1.165) is 28.8 Å². The Morgan fingerprint density at radius 2 is 1.93 bits per heavy atom. The second kappa shape index (κ2) is 7.52. The van der Waals surface area contributed by atoms with E-state index in [2.05, 4.69) is 4.98 Å². The monoisotopic (exact) mass is 386 g/mol. The molecule has 1 aromatic heterocycles. The van der Waals surface area contributed by atoms with E-state index in [0.29, 0.717) is 23.8 Å². The van der Waals surface area contributed by atoms with Crippen LogP contribution < -0.4 is 9.47 Å². The molecule has 1 saturated heterocycles. The lowest BCUT2D eigenvalue weighted by Crippen LogP contribution is -2.41. The number of amides is 1. The van der Waals surface area contributed by atoms with Gasteiger partial charge in [0.1, 0.15) is 17.7 Å². The average Bonchev–Trinajstić information content (AvgIpc) is 3.10. The Labute approximate surface area is 160 Å².